The van der Waals surface area contributed by atoms with Crippen LogP contribution in [0.5, 0.6) is 0 Å². The molecule has 0 saturated carbocycles. The number of hydrogen-bond acceptors (Lipinski definition) is 3. The Balaban J connectivity index is 2.75. The van der Waals surface area contributed by atoms with Gasteiger partial charge in [-0.25, -0.2) is 5.48 Å². The Labute approximate surface area is 132 Å². The number of carbonyl (C=O) groups is 2. The Morgan fingerprint density at radius 3 is 2.32 bits per heavy atom. The summed E-state index contributed by atoms with van der Waals surface area (Å²) in [4.78, 5) is 23.7. The van der Waals surface area contributed by atoms with Gasteiger partial charge in [0.25, 0.3) is 5.91 Å². The molecule has 0 aromatic heterocycles. The van der Waals surface area contributed by atoms with Crippen LogP contribution in [0.25, 0.3) is 0 Å². The van der Waals surface area contributed by atoms with Gasteiger partial charge in [-0.2, -0.15) is 0 Å². The summed E-state index contributed by atoms with van der Waals surface area (Å²) in [7, 11) is 0. The zero-order valence-corrected chi connectivity index (χ0v) is 13.8. The van der Waals surface area contributed by atoms with Gasteiger partial charge in [-0.3, -0.25) is 14.8 Å². The van der Waals surface area contributed by atoms with Crippen molar-refractivity contribution in [2.45, 2.75) is 52.9 Å². The molecule has 0 spiro atoms. The molecule has 22 heavy (non-hydrogen) atoms. The standard InChI is InChI=1S/C18H27NO3/c1-4-5-6-16(17(20)11-13(2)3)12-14-7-9-15(10-8-14)18(21)19-22/h7-10,13,16,22H,4-6,11-12H2,1-3H3,(H,19,21). The third kappa shape index (κ3) is 5.98. The molecule has 1 rings (SSSR count). The fraction of sp³-hybridized carbons (Fsp3) is 0.556. The highest BCUT2D eigenvalue weighted by Crippen LogP contribution is 2.20. The zero-order valence-electron chi connectivity index (χ0n) is 13.8. The molecular formula is C18H27NO3. The largest absolute Gasteiger partial charge is 0.299 e. The maximum Gasteiger partial charge on any atom is 0.274 e. The van der Waals surface area contributed by atoms with Gasteiger partial charge in [0, 0.05) is 17.9 Å². The second kappa shape index (κ2) is 9.36. The maximum atomic E-state index is 12.4. The summed E-state index contributed by atoms with van der Waals surface area (Å²) >= 11 is 0. The molecule has 0 radical (unpaired) electrons. The second-order valence-electron chi connectivity index (χ2n) is 6.25. The molecule has 4 heteroatoms. The Bertz CT molecular complexity index is 480. The molecule has 0 saturated heterocycles. The van der Waals surface area contributed by atoms with E-state index in [-0.39, 0.29) is 5.92 Å². The van der Waals surface area contributed by atoms with Crippen molar-refractivity contribution in [3.63, 3.8) is 0 Å². The van der Waals surface area contributed by atoms with Crippen LogP contribution < -0.4 is 5.48 Å². The summed E-state index contributed by atoms with van der Waals surface area (Å²) in [5, 5.41) is 8.61. The van der Waals surface area contributed by atoms with E-state index in [4.69, 9.17) is 5.21 Å². The van der Waals surface area contributed by atoms with Crippen molar-refractivity contribution < 1.29 is 14.8 Å². The van der Waals surface area contributed by atoms with Gasteiger partial charge in [-0.05, 0) is 36.5 Å². The van der Waals surface area contributed by atoms with Crippen molar-refractivity contribution in [3.8, 4) is 0 Å². The number of rotatable bonds is 9. The smallest absolute Gasteiger partial charge is 0.274 e. The van der Waals surface area contributed by atoms with Gasteiger partial charge in [0.2, 0.25) is 0 Å². The van der Waals surface area contributed by atoms with Crippen LogP contribution in [0, 0.1) is 11.8 Å². The lowest BCUT2D eigenvalue weighted by Gasteiger charge is -2.17. The fourth-order valence-electron chi connectivity index (χ4n) is 2.54. The third-order valence-electron chi connectivity index (χ3n) is 3.77. The van der Waals surface area contributed by atoms with E-state index in [1.54, 1.807) is 17.6 Å². The van der Waals surface area contributed by atoms with Crippen molar-refractivity contribution >= 4 is 11.7 Å². The van der Waals surface area contributed by atoms with Crippen LogP contribution in [-0.2, 0) is 11.2 Å². The highest BCUT2D eigenvalue weighted by Gasteiger charge is 2.19. The highest BCUT2D eigenvalue weighted by atomic mass is 16.5. The summed E-state index contributed by atoms with van der Waals surface area (Å²) in [6.07, 6.45) is 4.40. The Kier molecular flexibility index (Phi) is 7.82. The van der Waals surface area contributed by atoms with Gasteiger partial charge in [0.05, 0.1) is 0 Å². The lowest BCUT2D eigenvalue weighted by Crippen LogP contribution is -2.20. The van der Waals surface area contributed by atoms with Crippen LogP contribution >= 0.6 is 0 Å². The third-order valence-corrected chi connectivity index (χ3v) is 3.77. The summed E-state index contributed by atoms with van der Waals surface area (Å²) < 4.78 is 0. The van der Waals surface area contributed by atoms with E-state index in [0.29, 0.717) is 30.1 Å². The van der Waals surface area contributed by atoms with Crippen molar-refractivity contribution in [2.24, 2.45) is 11.8 Å². The number of carbonyl (C=O) groups excluding carboxylic acids is 2. The zero-order chi connectivity index (χ0) is 16.5. The van der Waals surface area contributed by atoms with E-state index in [0.717, 1.165) is 24.8 Å². The summed E-state index contributed by atoms with van der Waals surface area (Å²) in [6.45, 7) is 6.26. The molecule has 1 aromatic carbocycles. The number of ketones is 1. The first-order valence-corrected chi connectivity index (χ1v) is 8.04. The number of hydroxylamine groups is 1. The number of amides is 1. The molecule has 4 nitrogen and oxygen atoms in total. The normalized spacial score (nSPS) is 12.2. The van der Waals surface area contributed by atoms with Crippen molar-refractivity contribution in [3.05, 3.63) is 35.4 Å². The summed E-state index contributed by atoms with van der Waals surface area (Å²) in [5.74, 6) is 0.248. The first-order valence-electron chi connectivity index (χ1n) is 8.04. The maximum absolute atomic E-state index is 12.4. The first-order chi connectivity index (χ1) is 10.5. The van der Waals surface area contributed by atoms with Gasteiger partial charge in [-0.15, -0.1) is 0 Å². The minimum Gasteiger partial charge on any atom is -0.299 e. The van der Waals surface area contributed by atoms with Crippen LogP contribution in [0.4, 0.5) is 0 Å². The van der Waals surface area contributed by atoms with E-state index in [9.17, 15) is 9.59 Å². The van der Waals surface area contributed by atoms with E-state index in [1.165, 1.54) is 0 Å². The summed E-state index contributed by atoms with van der Waals surface area (Å²) in [6, 6.07) is 7.05. The number of Topliss-reactive ketones (excluding diaryl/α,β-unsaturated/α-hetero) is 1. The van der Waals surface area contributed by atoms with E-state index in [1.807, 2.05) is 12.1 Å². The topological polar surface area (TPSA) is 66.4 Å². The molecule has 0 aliphatic heterocycles. The number of nitrogens with one attached hydrogen (secondary N) is 1. The van der Waals surface area contributed by atoms with Gasteiger partial charge in [0.15, 0.2) is 0 Å². The predicted molar refractivity (Wildman–Crippen MR) is 86.9 cm³/mol. The summed E-state index contributed by atoms with van der Waals surface area (Å²) in [5.41, 5.74) is 3.07. The molecule has 1 unspecified atom stereocenters. The van der Waals surface area contributed by atoms with Gasteiger partial charge in [-0.1, -0.05) is 45.7 Å². The van der Waals surface area contributed by atoms with Crippen LogP contribution in [0.15, 0.2) is 24.3 Å². The molecule has 2 N–H and O–H groups in total. The second-order valence-corrected chi connectivity index (χ2v) is 6.25. The van der Waals surface area contributed by atoms with E-state index >= 15 is 0 Å². The van der Waals surface area contributed by atoms with Crippen LogP contribution in [0.2, 0.25) is 0 Å². The van der Waals surface area contributed by atoms with Gasteiger partial charge in [0.1, 0.15) is 5.78 Å². The Morgan fingerprint density at radius 2 is 1.82 bits per heavy atom. The van der Waals surface area contributed by atoms with Crippen molar-refractivity contribution in [1.29, 1.82) is 0 Å². The highest BCUT2D eigenvalue weighted by molar-refractivity contribution is 5.93. The molecule has 1 amide bonds. The molecule has 122 valence electrons. The fourth-order valence-corrected chi connectivity index (χ4v) is 2.54. The SMILES string of the molecule is CCCCC(Cc1ccc(C(=O)NO)cc1)C(=O)CC(C)C. The van der Waals surface area contributed by atoms with Crippen molar-refractivity contribution in [1.82, 2.24) is 5.48 Å². The lowest BCUT2D eigenvalue weighted by atomic mass is 9.87. The van der Waals surface area contributed by atoms with Crippen LogP contribution in [0.3, 0.4) is 0 Å². The predicted octanol–water partition coefficient (Wildman–Crippen LogP) is 3.77. The monoisotopic (exact) mass is 305 g/mol. The van der Waals surface area contributed by atoms with Crippen LogP contribution in [0.1, 0.15) is 62.4 Å². The Hall–Kier alpha value is -1.68. The van der Waals surface area contributed by atoms with Crippen LogP contribution in [-0.4, -0.2) is 16.9 Å². The molecule has 0 fully saturated rings. The number of unbranched alkanes of at least 4 members (excludes halogenated alkanes) is 1. The lowest BCUT2D eigenvalue weighted by molar-refractivity contribution is -0.123. The average Bonchev–Trinajstić information content (AvgIpc) is 2.50. The molecular weight excluding hydrogens is 278 g/mol. The molecule has 0 aliphatic rings. The minimum absolute atomic E-state index is 0.0554. The molecule has 1 atom stereocenters. The quantitative estimate of drug-likeness (QED) is 0.539. The van der Waals surface area contributed by atoms with Gasteiger partial charge >= 0.3 is 0 Å². The molecule has 0 bridgehead atoms. The van der Waals surface area contributed by atoms with E-state index < -0.39 is 5.91 Å². The van der Waals surface area contributed by atoms with Gasteiger partial charge < -0.3 is 0 Å². The van der Waals surface area contributed by atoms with E-state index in [2.05, 4.69) is 20.8 Å². The Morgan fingerprint density at radius 1 is 1.18 bits per heavy atom. The van der Waals surface area contributed by atoms with Crippen molar-refractivity contribution in [2.75, 3.05) is 0 Å². The minimum atomic E-state index is -0.523. The number of benzene rings is 1. The number of hydrogen-bond donors (Lipinski definition) is 2. The first kappa shape index (κ1) is 18.4. The molecule has 0 heterocycles. The molecule has 0 aliphatic carbocycles. The average molecular weight is 305 g/mol. The molecule has 1 aromatic rings.